The molecule has 6 atom stereocenters. The number of piperazine rings is 1. The Morgan fingerprint density at radius 1 is 1.18 bits per heavy atom. The highest BCUT2D eigenvalue weighted by Gasteiger charge is 2.66. The number of rotatable bonds is 5. The summed E-state index contributed by atoms with van der Waals surface area (Å²) < 4.78 is 81.4. The predicted octanol–water partition coefficient (Wildman–Crippen LogP) is 3.98. The van der Waals surface area contributed by atoms with E-state index < -0.39 is 53.0 Å². The Bertz CT molecular complexity index is 1340. The van der Waals surface area contributed by atoms with Crippen LogP contribution < -0.4 is 10.1 Å². The number of ether oxygens (including phenoxy) is 2. The molecular formula is C27H29F5N4O4. The number of aromatic nitrogens is 1. The fraction of sp³-hybridized carbons (Fsp3) is 0.519. The molecule has 0 radical (unpaired) electrons. The maximum atomic E-state index is 14.6. The third kappa shape index (κ3) is 4.58. The lowest BCUT2D eigenvalue weighted by molar-refractivity contribution is -0.272. The molecule has 13 heteroatoms. The average molecular weight is 569 g/mol. The number of amides is 2. The van der Waals surface area contributed by atoms with Gasteiger partial charge in [0.15, 0.2) is 17.2 Å². The highest BCUT2D eigenvalue weighted by Crippen LogP contribution is 2.55. The van der Waals surface area contributed by atoms with Gasteiger partial charge in [-0.3, -0.25) is 19.5 Å². The number of nitrogens with one attached hydrogen (secondary N) is 1. The second-order valence-corrected chi connectivity index (χ2v) is 10.7. The van der Waals surface area contributed by atoms with Gasteiger partial charge in [0, 0.05) is 54.5 Å². The number of anilines is 1. The second-order valence-electron chi connectivity index (χ2n) is 10.7. The fourth-order valence-electron chi connectivity index (χ4n) is 5.85. The molecule has 3 heterocycles. The van der Waals surface area contributed by atoms with Crippen molar-refractivity contribution >= 4 is 17.5 Å². The maximum Gasteiger partial charge on any atom is 0.417 e. The Morgan fingerprint density at radius 3 is 2.58 bits per heavy atom. The molecule has 40 heavy (non-hydrogen) atoms. The quantitative estimate of drug-likeness (QED) is 0.550. The molecule has 1 aliphatic carbocycles. The minimum Gasteiger partial charge on any atom is -0.493 e. The van der Waals surface area contributed by atoms with Crippen LogP contribution in [0.25, 0.3) is 0 Å². The van der Waals surface area contributed by atoms with Gasteiger partial charge in [-0.2, -0.15) is 17.6 Å². The van der Waals surface area contributed by atoms with Crippen LogP contribution in [-0.2, 0) is 9.53 Å². The number of likely N-dealkylation sites (N-methyl/N-ethyl adjacent to an activating group) is 1. The smallest absolute Gasteiger partial charge is 0.417 e. The van der Waals surface area contributed by atoms with Crippen molar-refractivity contribution in [3.05, 3.63) is 53.4 Å². The van der Waals surface area contributed by atoms with Gasteiger partial charge in [-0.1, -0.05) is 13.0 Å². The summed E-state index contributed by atoms with van der Waals surface area (Å²) in [6.07, 6.45) is -4.46. The molecule has 0 unspecified atom stereocenters. The summed E-state index contributed by atoms with van der Waals surface area (Å²) in [4.78, 5) is 34.7. The summed E-state index contributed by atoms with van der Waals surface area (Å²) in [6, 6.07) is 5.00. The van der Waals surface area contributed by atoms with Gasteiger partial charge >= 0.3 is 6.18 Å². The molecule has 2 amide bonds. The van der Waals surface area contributed by atoms with Gasteiger partial charge in [0.05, 0.1) is 7.11 Å². The number of halogens is 5. The van der Waals surface area contributed by atoms with Gasteiger partial charge in [-0.05, 0) is 38.6 Å². The molecule has 2 aromatic rings. The molecule has 1 aromatic carbocycles. The first-order valence-corrected chi connectivity index (χ1v) is 12.8. The molecule has 5 rings (SSSR count). The first-order chi connectivity index (χ1) is 18.8. The fourth-order valence-corrected chi connectivity index (χ4v) is 5.85. The Balaban J connectivity index is 1.43. The summed E-state index contributed by atoms with van der Waals surface area (Å²) in [6.45, 7) is 3.29. The van der Waals surface area contributed by atoms with Gasteiger partial charge < -0.3 is 19.7 Å². The number of carbonyl (C=O) groups excluding carboxylic acids is 2. The van der Waals surface area contributed by atoms with E-state index in [0.717, 1.165) is 32.6 Å². The van der Waals surface area contributed by atoms with E-state index in [1.165, 1.54) is 25.3 Å². The zero-order chi connectivity index (χ0) is 29.1. The highest BCUT2D eigenvalue weighted by atomic mass is 19.4. The largest absolute Gasteiger partial charge is 0.493 e. The van der Waals surface area contributed by atoms with Crippen LogP contribution in [0.5, 0.6) is 5.75 Å². The van der Waals surface area contributed by atoms with E-state index in [1.807, 2.05) is 7.05 Å². The van der Waals surface area contributed by atoms with Crippen LogP contribution in [0.4, 0.5) is 27.6 Å². The highest BCUT2D eigenvalue weighted by molar-refractivity contribution is 5.98. The van der Waals surface area contributed by atoms with Crippen molar-refractivity contribution in [3.8, 4) is 5.75 Å². The lowest BCUT2D eigenvalue weighted by atomic mass is 9.77. The van der Waals surface area contributed by atoms with Crippen LogP contribution in [0.15, 0.2) is 30.5 Å². The van der Waals surface area contributed by atoms with E-state index in [1.54, 1.807) is 4.90 Å². The average Bonchev–Trinajstić information content (AvgIpc) is 3.66. The van der Waals surface area contributed by atoms with E-state index in [2.05, 4.69) is 15.2 Å². The third-order valence-corrected chi connectivity index (χ3v) is 8.46. The molecule has 216 valence electrons. The number of fused-ring (bicyclic) bond motifs is 1. The molecule has 1 N–H and O–H groups in total. The summed E-state index contributed by atoms with van der Waals surface area (Å²) in [5.74, 6) is -7.24. The Morgan fingerprint density at radius 2 is 1.90 bits per heavy atom. The van der Waals surface area contributed by atoms with Crippen LogP contribution >= 0.6 is 0 Å². The number of pyridine rings is 1. The molecular weight excluding hydrogens is 539 g/mol. The van der Waals surface area contributed by atoms with Crippen LogP contribution in [0.2, 0.25) is 0 Å². The minimum absolute atomic E-state index is 0.0765. The molecule has 2 saturated heterocycles. The van der Waals surface area contributed by atoms with Crippen molar-refractivity contribution in [3.63, 3.8) is 0 Å². The zero-order valence-corrected chi connectivity index (χ0v) is 22.3. The first kappa shape index (κ1) is 28.2. The van der Waals surface area contributed by atoms with Crippen molar-refractivity contribution < 1.29 is 41.0 Å². The maximum absolute atomic E-state index is 14.6. The van der Waals surface area contributed by atoms with Crippen molar-refractivity contribution in [2.45, 2.75) is 56.2 Å². The summed E-state index contributed by atoms with van der Waals surface area (Å²) in [5, 5.41) is 2.52. The Hall–Kier alpha value is -3.32. The molecule has 0 spiro atoms. The Kier molecular flexibility index (Phi) is 7.02. The minimum atomic E-state index is -4.88. The number of alkyl halides is 3. The van der Waals surface area contributed by atoms with Crippen LogP contribution in [-0.4, -0.2) is 83.8 Å². The number of carbonyl (C=O) groups is 2. The predicted molar refractivity (Wildman–Crippen MR) is 133 cm³/mol. The van der Waals surface area contributed by atoms with Crippen molar-refractivity contribution in [1.29, 1.82) is 0 Å². The van der Waals surface area contributed by atoms with E-state index >= 15 is 0 Å². The molecule has 3 fully saturated rings. The van der Waals surface area contributed by atoms with Gasteiger partial charge in [0.2, 0.25) is 5.82 Å². The van der Waals surface area contributed by atoms with Gasteiger partial charge in [0.25, 0.3) is 11.8 Å². The first-order valence-electron chi connectivity index (χ1n) is 12.8. The molecule has 1 saturated carbocycles. The van der Waals surface area contributed by atoms with E-state index in [0.29, 0.717) is 19.1 Å². The Labute approximate surface area is 227 Å². The molecule has 8 nitrogen and oxygen atoms in total. The topological polar surface area (TPSA) is 84.0 Å². The molecule has 2 aliphatic heterocycles. The third-order valence-electron chi connectivity index (χ3n) is 8.46. The molecule has 0 bridgehead atoms. The van der Waals surface area contributed by atoms with Crippen molar-refractivity contribution in [1.82, 2.24) is 14.8 Å². The SMILES string of the molecule is COc1c([C@H]2[C@H](C(=O)Nc3ccnc(C(=O)N4CCN(C)[C@H]5C[C@H]54)c3)O[C@@](C)(C(F)(F)F)[C@H]2C)ccc(F)c1F. The lowest BCUT2D eigenvalue weighted by Gasteiger charge is -2.32. The van der Waals surface area contributed by atoms with Gasteiger partial charge in [-0.25, -0.2) is 4.39 Å². The van der Waals surface area contributed by atoms with Crippen LogP contribution in [0, 0.1) is 17.6 Å². The normalized spacial score (nSPS) is 30.1. The number of methoxy groups -OCH3 is 1. The van der Waals surface area contributed by atoms with Crippen LogP contribution in [0.3, 0.4) is 0 Å². The second kappa shape index (κ2) is 9.95. The van der Waals surface area contributed by atoms with Gasteiger partial charge in [-0.15, -0.1) is 0 Å². The van der Waals surface area contributed by atoms with E-state index in [9.17, 15) is 31.5 Å². The number of nitrogens with zero attached hydrogens (tertiary/aromatic N) is 3. The summed E-state index contributed by atoms with van der Waals surface area (Å²) >= 11 is 0. The number of benzene rings is 1. The number of hydrogen-bond donors (Lipinski definition) is 1. The monoisotopic (exact) mass is 568 g/mol. The van der Waals surface area contributed by atoms with Crippen LogP contribution in [0.1, 0.15) is 42.2 Å². The van der Waals surface area contributed by atoms with Gasteiger partial charge in [0.1, 0.15) is 11.8 Å². The van der Waals surface area contributed by atoms with Crippen molar-refractivity contribution in [2.24, 2.45) is 5.92 Å². The van der Waals surface area contributed by atoms with Crippen molar-refractivity contribution in [2.75, 3.05) is 32.6 Å². The lowest BCUT2D eigenvalue weighted by Crippen LogP contribution is -2.47. The number of hydrogen-bond acceptors (Lipinski definition) is 6. The standard InChI is InChI=1S/C27H29F5N4O4/c1-13-20(15-5-6-16(28)21(29)22(15)39-4)23(40-26(13,2)27(30,31)32)24(37)34-14-7-8-33-17(11-14)25(38)36-10-9-35(3)18-12-19(18)36/h5-8,11,13,18-20,23H,9-10,12H2,1-4H3,(H,33,34,37)/t13-,18-,19+,20-,23+,26+/m0/s1. The van der Waals surface area contributed by atoms with E-state index in [-0.39, 0.29) is 28.9 Å². The summed E-state index contributed by atoms with van der Waals surface area (Å²) in [7, 11) is 3.05. The zero-order valence-electron chi connectivity index (χ0n) is 22.3. The molecule has 1 aromatic heterocycles. The molecule has 3 aliphatic rings. The summed E-state index contributed by atoms with van der Waals surface area (Å²) in [5.41, 5.74) is -2.72. The van der Waals surface area contributed by atoms with E-state index in [4.69, 9.17) is 9.47 Å².